The van der Waals surface area contributed by atoms with Crippen LogP contribution in [0.1, 0.15) is 23.9 Å². The summed E-state index contributed by atoms with van der Waals surface area (Å²) in [5, 5.41) is 4.10. The molecule has 2 aromatic rings. The number of aryl methyl sites for hydroxylation is 3. The van der Waals surface area contributed by atoms with Crippen LogP contribution >= 0.6 is 0 Å². The van der Waals surface area contributed by atoms with Gasteiger partial charge < -0.3 is 10.5 Å². The van der Waals surface area contributed by atoms with Gasteiger partial charge in [0, 0.05) is 18.3 Å². The lowest BCUT2D eigenvalue weighted by Crippen LogP contribution is -2.08. The molecule has 0 unspecified atom stereocenters. The third-order valence-corrected chi connectivity index (χ3v) is 2.92. The minimum atomic E-state index is 0.400. The zero-order chi connectivity index (χ0) is 13.1. The second kappa shape index (κ2) is 5.08. The summed E-state index contributed by atoms with van der Waals surface area (Å²) in [6, 6.07) is 3.88. The molecule has 2 rings (SSSR count). The highest BCUT2D eigenvalue weighted by molar-refractivity contribution is 5.54. The van der Waals surface area contributed by atoms with E-state index in [1.165, 1.54) is 0 Å². The Bertz CT molecular complexity index is 548. The van der Waals surface area contributed by atoms with Crippen molar-refractivity contribution in [2.24, 2.45) is 0 Å². The fourth-order valence-corrected chi connectivity index (χ4v) is 1.81. The summed E-state index contributed by atoms with van der Waals surface area (Å²) in [5.74, 6) is 1.61. The van der Waals surface area contributed by atoms with Gasteiger partial charge in [-0.25, -0.2) is 9.67 Å². The second-order valence-corrected chi connectivity index (χ2v) is 4.25. The van der Waals surface area contributed by atoms with E-state index in [4.69, 9.17) is 10.5 Å². The first kappa shape index (κ1) is 12.4. The van der Waals surface area contributed by atoms with Crippen LogP contribution in [-0.4, -0.2) is 14.8 Å². The first-order valence-corrected chi connectivity index (χ1v) is 5.98. The molecule has 5 nitrogen and oxygen atoms in total. The first-order valence-electron chi connectivity index (χ1n) is 5.98. The maximum Gasteiger partial charge on any atom is 0.164 e. The van der Waals surface area contributed by atoms with Gasteiger partial charge >= 0.3 is 0 Å². The van der Waals surface area contributed by atoms with E-state index in [1.54, 1.807) is 6.33 Å². The Morgan fingerprint density at radius 3 is 2.78 bits per heavy atom. The van der Waals surface area contributed by atoms with E-state index in [2.05, 4.69) is 10.1 Å². The molecule has 1 aromatic carbocycles. The molecule has 96 valence electrons. The number of hydrogen-bond donors (Lipinski definition) is 1. The van der Waals surface area contributed by atoms with Crippen molar-refractivity contribution in [1.82, 2.24) is 14.8 Å². The minimum Gasteiger partial charge on any atom is -0.485 e. The van der Waals surface area contributed by atoms with E-state index in [9.17, 15) is 0 Å². The average Bonchev–Trinajstić information content (AvgIpc) is 2.79. The van der Waals surface area contributed by atoms with Crippen LogP contribution < -0.4 is 10.5 Å². The zero-order valence-electron chi connectivity index (χ0n) is 11.0. The predicted molar refractivity (Wildman–Crippen MR) is 70.4 cm³/mol. The van der Waals surface area contributed by atoms with Gasteiger partial charge in [-0.05, 0) is 31.9 Å². The number of hydrogen-bond acceptors (Lipinski definition) is 4. The summed E-state index contributed by atoms with van der Waals surface area (Å²) < 4.78 is 7.57. The second-order valence-electron chi connectivity index (χ2n) is 4.25. The van der Waals surface area contributed by atoms with Gasteiger partial charge in [0.2, 0.25) is 0 Å². The molecule has 5 heteroatoms. The minimum absolute atomic E-state index is 0.400. The summed E-state index contributed by atoms with van der Waals surface area (Å²) in [4.78, 5) is 4.17. The number of nitrogens with zero attached hydrogens (tertiary/aromatic N) is 3. The fourth-order valence-electron chi connectivity index (χ4n) is 1.81. The lowest BCUT2D eigenvalue weighted by molar-refractivity contribution is 0.285. The van der Waals surface area contributed by atoms with Gasteiger partial charge in [-0.15, -0.1) is 0 Å². The molecule has 0 saturated carbocycles. The molecule has 0 saturated heterocycles. The number of aromatic nitrogens is 3. The highest BCUT2D eigenvalue weighted by Crippen LogP contribution is 2.24. The number of rotatable bonds is 4. The molecule has 0 aliphatic rings. The maximum absolute atomic E-state index is 5.88. The Labute approximate surface area is 107 Å². The Morgan fingerprint density at radius 2 is 2.06 bits per heavy atom. The van der Waals surface area contributed by atoms with Crippen molar-refractivity contribution in [3.63, 3.8) is 0 Å². The van der Waals surface area contributed by atoms with Crippen LogP contribution in [0.5, 0.6) is 5.75 Å². The van der Waals surface area contributed by atoms with E-state index < -0.39 is 0 Å². The van der Waals surface area contributed by atoms with Gasteiger partial charge in [-0.3, -0.25) is 0 Å². The van der Waals surface area contributed by atoms with Crippen LogP contribution in [0.15, 0.2) is 18.5 Å². The first-order chi connectivity index (χ1) is 8.61. The highest BCUT2D eigenvalue weighted by Gasteiger charge is 2.07. The fraction of sp³-hybridized carbons (Fsp3) is 0.385. The van der Waals surface area contributed by atoms with Crippen LogP contribution in [0.2, 0.25) is 0 Å². The molecule has 18 heavy (non-hydrogen) atoms. The summed E-state index contributed by atoms with van der Waals surface area (Å²) in [6.45, 7) is 7.20. The van der Waals surface area contributed by atoms with Crippen LogP contribution in [0.25, 0.3) is 0 Å². The van der Waals surface area contributed by atoms with E-state index >= 15 is 0 Å². The number of anilines is 1. The third-order valence-electron chi connectivity index (χ3n) is 2.92. The summed E-state index contributed by atoms with van der Waals surface area (Å²) in [6.07, 6.45) is 1.54. The van der Waals surface area contributed by atoms with Crippen molar-refractivity contribution in [1.29, 1.82) is 0 Å². The maximum atomic E-state index is 5.88. The van der Waals surface area contributed by atoms with Gasteiger partial charge in [0.05, 0.1) is 0 Å². The zero-order valence-corrected chi connectivity index (χ0v) is 11.0. The van der Waals surface area contributed by atoms with Gasteiger partial charge in [-0.1, -0.05) is 6.07 Å². The summed E-state index contributed by atoms with van der Waals surface area (Å²) >= 11 is 0. The largest absolute Gasteiger partial charge is 0.485 e. The van der Waals surface area contributed by atoms with Crippen molar-refractivity contribution in [2.45, 2.75) is 33.9 Å². The smallest absolute Gasteiger partial charge is 0.164 e. The molecule has 1 aromatic heterocycles. The van der Waals surface area contributed by atoms with Crippen molar-refractivity contribution < 1.29 is 4.74 Å². The van der Waals surface area contributed by atoms with E-state index in [1.807, 2.05) is 37.6 Å². The molecule has 0 bridgehead atoms. The average molecular weight is 246 g/mol. The third kappa shape index (κ3) is 2.45. The Morgan fingerprint density at radius 1 is 1.28 bits per heavy atom. The molecule has 0 atom stereocenters. The monoisotopic (exact) mass is 246 g/mol. The SMILES string of the molecule is CCn1ncnc1COc1cc(N)c(C)cc1C. The molecule has 0 aliphatic carbocycles. The topological polar surface area (TPSA) is 66.0 Å². The van der Waals surface area contributed by atoms with Crippen molar-refractivity contribution in [3.05, 3.63) is 35.4 Å². The van der Waals surface area contributed by atoms with Gasteiger partial charge in [0.1, 0.15) is 18.7 Å². The quantitative estimate of drug-likeness (QED) is 0.839. The van der Waals surface area contributed by atoms with Gasteiger partial charge in [0.25, 0.3) is 0 Å². The van der Waals surface area contributed by atoms with Gasteiger partial charge in [0.15, 0.2) is 5.82 Å². The normalized spacial score (nSPS) is 10.6. The number of nitrogens with two attached hydrogens (primary N) is 1. The molecule has 2 N–H and O–H groups in total. The molecular weight excluding hydrogens is 228 g/mol. The number of ether oxygens (including phenoxy) is 1. The molecule has 0 amide bonds. The van der Waals surface area contributed by atoms with Crippen molar-refractivity contribution >= 4 is 5.69 Å². The van der Waals surface area contributed by atoms with Crippen molar-refractivity contribution in [2.75, 3.05) is 5.73 Å². The Kier molecular flexibility index (Phi) is 3.50. The van der Waals surface area contributed by atoms with E-state index in [0.29, 0.717) is 6.61 Å². The Hall–Kier alpha value is -2.04. The van der Waals surface area contributed by atoms with Crippen LogP contribution in [-0.2, 0) is 13.2 Å². The standard InChI is InChI=1S/C13H18N4O/c1-4-17-13(15-8-16-17)7-18-12-6-11(14)9(2)5-10(12)3/h5-6,8H,4,7,14H2,1-3H3. The predicted octanol–water partition coefficient (Wildman–Crippen LogP) is 2.08. The summed E-state index contributed by atoms with van der Waals surface area (Å²) in [5.41, 5.74) is 8.76. The number of nitrogen functional groups attached to an aromatic ring is 1. The van der Waals surface area contributed by atoms with Crippen LogP contribution in [0.3, 0.4) is 0 Å². The molecule has 0 fully saturated rings. The van der Waals surface area contributed by atoms with E-state index in [0.717, 1.165) is 34.9 Å². The van der Waals surface area contributed by atoms with E-state index in [-0.39, 0.29) is 0 Å². The molecule has 0 radical (unpaired) electrons. The van der Waals surface area contributed by atoms with Crippen LogP contribution in [0, 0.1) is 13.8 Å². The molecule has 0 spiro atoms. The highest BCUT2D eigenvalue weighted by atomic mass is 16.5. The molecule has 0 aliphatic heterocycles. The summed E-state index contributed by atoms with van der Waals surface area (Å²) in [7, 11) is 0. The number of benzene rings is 1. The van der Waals surface area contributed by atoms with Crippen LogP contribution in [0.4, 0.5) is 5.69 Å². The lowest BCUT2D eigenvalue weighted by atomic mass is 10.1. The van der Waals surface area contributed by atoms with Crippen molar-refractivity contribution in [3.8, 4) is 5.75 Å². The molecular formula is C13H18N4O. The molecule has 1 heterocycles. The lowest BCUT2D eigenvalue weighted by Gasteiger charge is -2.11. The Balaban J connectivity index is 2.13. The van der Waals surface area contributed by atoms with Gasteiger partial charge in [-0.2, -0.15) is 5.10 Å².